The third kappa shape index (κ3) is 5.46. The first-order valence-corrected chi connectivity index (χ1v) is 8.44. The molecule has 0 aliphatic carbocycles. The van der Waals surface area contributed by atoms with E-state index >= 15 is 0 Å². The Hall–Kier alpha value is -3.06. The van der Waals surface area contributed by atoms with Gasteiger partial charge in [-0.15, -0.1) is 0 Å². The summed E-state index contributed by atoms with van der Waals surface area (Å²) in [4.78, 5) is 25.2. The van der Waals surface area contributed by atoms with Gasteiger partial charge in [-0.25, -0.2) is 0 Å². The normalized spacial score (nSPS) is 10.9. The zero-order valence-corrected chi connectivity index (χ0v) is 16.0. The van der Waals surface area contributed by atoms with E-state index in [0.717, 1.165) is 0 Å². The van der Waals surface area contributed by atoms with Gasteiger partial charge < -0.3 is 25.8 Å². The van der Waals surface area contributed by atoms with E-state index < -0.39 is 5.54 Å². The van der Waals surface area contributed by atoms with Crippen LogP contribution >= 0.6 is 0 Å². The highest BCUT2D eigenvalue weighted by Crippen LogP contribution is 2.33. The van der Waals surface area contributed by atoms with E-state index in [9.17, 15) is 9.59 Å². The molecule has 0 bridgehead atoms. The first-order chi connectivity index (χ1) is 12.7. The van der Waals surface area contributed by atoms with Gasteiger partial charge in [0.25, 0.3) is 11.8 Å². The predicted molar refractivity (Wildman–Crippen MR) is 105 cm³/mol. The molecule has 0 aliphatic heterocycles. The van der Waals surface area contributed by atoms with Crippen molar-refractivity contribution < 1.29 is 19.1 Å². The summed E-state index contributed by atoms with van der Waals surface area (Å²) in [6.07, 6.45) is 0. The molecule has 0 radical (unpaired) electrons. The number of hydrogen-bond donors (Lipinski definition) is 3. The molecule has 0 saturated carbocycles. The molecule has 27 heavy (non-hydrogen) atoms. The summed E-state index contributed by atoms with van der Waals surface area (Å²) in [7, 11) is 2.96. The Morgan fingerprint density at radius 1 is 1.00 bits per heavy atom. The van der Waals surface area contributed by atoms with Gasteiger partial charge in [0.15, 0.2) is 11.5 Å². The van der Waals surface area contributed by atoms with Gasteiger partial charge in [0.2, 0.25) is 0 Å². The quantitative estimate of drug-likeness (QED) is 0.694. The van der Waals surface area contributed by atoms with Gasteiger partial charge in [-0.1, -0.05) is 18.2 Å². The van der Waals surface area contributed by atoms with Crippen LogP contribution in [-0.2, 0) is 0 Å². The fourth-order valence-corrected chi connectivity index (χ4v) is 2.36. The number of carbonyl (C=O) groups excluding carboxylic acids is 2. The van der Waals surface area contributed by atoms with Crippen molar-refractivity contribution in [3.63, 3.8) is 0 Å². The summed E-state index contributed by atoms with van der Waals surface area (Å²) in [5, 5.41) is 5.53. The maximum atomic E-state index is 12.7. The van der Waals surface area contributed by atoms with Crippen molar-refractivity contribution in [2.45, 2.75) is 19.4 Å². The van der Waals surface area contributed by atoms with Crippen LogP contribution in [0.25, 0.3) is 0 Å². The lowest BCUT2D eigenvalue weighted by Gasteiger charge is -2.20. The Labute approximate surface area is 158 Å². The first kappa shape index (κ1) is 20.3. The number of carbonyl (C=O) groups is 2. The SMILES string of the molecule is COc1cc(NC(=O)c2ccccc2)c(C(=O)NCC(C)(C)N)cc1OC. The molecule has 2 aromatic carbocycles. The minimum atomic E-state index is -0.570. The van der Waals surface area contributed by atoms with Gasteiger partial charge in [-0.3, -0.25) is 9.59 Å². The van der Waals surface area contributed by atoms with Crippen LogP contribution in [0.1, 0.15) is 34.6 Å². The van der Waals surface area contributed by atoms with Crippen molar-refractivity contribution in [1.29, 1.82) is 0 Å². The lowest BCUT2D eigenvalue weighted by atomic mass is 10.1. The van der Waals surface area contributed by atoms with Crippen LogP contribution in [-0.4, -0.2) is 38.1 Å². The molecule has 7 heteroatoms. The molecule has 2 aromatic rings. The van der Waals surface area contributed by atoms with E-state index in [1.54, 1.807) is 44.2 Å². The second-order valence-electron chi connectivity index (χ2n) is 6.74. The lowest BCUT2D eigenvalue weighted by molar-refractivity contribution is 0.0946. The topological polar surface area (TPSA) is 103 Å². The molecule has 0 fully saturated rings. The smallest absolute Gasteiger partial charge is 0.255 e. The number of benzene rings is 2. The Morgan fingerprint density at radius 2 is 1.59 bits per heavy atom. The summed E-state index contributed by atoms with van der Waals surface area (Å²) in [5.74, 6) is 0.0674. The van der Waals surface area contributed by atoms with Crippen LogP contribution in [0.4, 0.5) is 5.69 Å². The van der Waals surface area contributed by atoms with Gasteiger partial charge in [0, 0.05) is 23.7 Å². The largest absolute Gasteiger partial charge is 0.493 e. The van der Waals surface area contributed by atoms with Crippen molar-refractivity contribution in [2.24, 2.45) is 5.73 Å². The molecule has 2 amide bonds. The van der Waals surface area contributed by atoms with Crippen LogP contribution in [0.2, 0.25) is 0 Å². The number of nitrogens with two attached hydrogens (primary N) is 1. The minimum absolute atomic E-state index is 0.251. The molecule has 4 N–H and O–H groups in total. The van der Waals surface area contributed by atoms with Crippen molar-refractivity contribution in [1.82, 2.24) is 5.32 Å². The highest BCUT2D eigenvalue weighted by molar-refractivity contribution is 6.09. The molecular weight excluding hydrogens is 346 g/mol. The Kier molecular flexibility index (Phi) is 6.41. The maximum Gasteiger partial charge on any atom is 0.255 e. The highest BCUT2D eigenvalue weighted by atomic mass is 16.5. The molecule has 0 aliphatic rings. The Balaban J connectivity index is 2.38. The predicted octanol–water partition coefficient (Wildman–Crippen LogP) is 2.42. The average Bonchev–Trinajstić information content (AvgIpc) is 2.65. The van der Waals surface area contributed by atoms with Crippen molar-refractivity contribution >= 4 is 17.5 Å². The number of hydrogen-bond acceptors (Lipinski definition) is 5. The van der Waals surface area contributed by atoms with Gasteiger partial charge in [0.05, 0.1) is 25.5 Å². The van der Waals surface area contributed by atoms with E-state index in [-0.39, 0.29) is 23.9 Å². The second-order valence-corrected chi connectivity index (χ2v) is 6.74. The zero-order chi connectivity index (χ0) is 20.0. The molecular formula is C20H25N3O4. The van der Waals surface area contributed by atoms with Gasteiger partial charge in [0.1, 0.15) is 0 Å². The summed E-state index contributed by atoms with van der Waals surface area (Å²) >= 11 is 0. The van der Waals surface area contributed by atoms with E-state index in [1.807, 2.05) is 6.07 Å². The number of amides is 2. The first-order valence-electron chi connectivity index (χ1n) is 8.44. The highest BCUT2D eigenvalue weighted by Gasteiger charge is 2.20. The van der Waals surface area contributed by atoms with E-state index in [1.165, 1.54) is 20.3 Å². The van der Waals surface area contributed by atoms with E-state index in [2.05, 4.69) is 10.6 Å². The van der Waals surface area contributed by atoms with Crippen LogP contribution in [0.3, 0.4) is 0 Å². The Morgan fingerprint density at radius 3 is 2.15 bits per heavy atom. The third-order valence-electron chi connectivity index (χ3n) is 3.76. The lowest BCUT2D eigenvalue weighted by Crippen LogP contribution is -2.45. The molecule has 0 unspecified atom stereocenters. The molecule has 0 heterocycles. The molecule has 0 saturated heterocycles. The van der Waals surface area contributed by atoms with Crippen LogP contribution in [0.15, 0.2) is 42.5 Å². The maximum absolute atomic E-state index is 12.7. The van der Waals surface area contributed by atoms with Crippen LogP contribution < -0.4 is 25.8 Å². The zero-order valence-electron chi connectivity index (χ0n) is 16.0. The molecule has 0 spiro atoms. The number of nitrogens with one attached hydrogen (secondary N) is 2. The van der Waals surface area contributed by atoms with E-state index in [0.29, 0.717) is 22.7 Å². The van der Waals surface area contributed by atoms with Gasteiger partial charge >= 0.3 is 0 Å². The molecule has 144 valence electrons. The number of ether oxygens (including phenoxy) is 2. The summed E-state index contributed by atoms with van der Waals surface area (Å²) in [5.41, 5.74) is 6.40. The monoisotopic (exact) mass is 371 g/mol. The number of anilines is 1. The summed E-state index contributed by atoms with van der Waals surface area (Å²) in [6, 6.07) is 11.8. The van der Waals surface area contributed by atoms with Crippen molar-refractivity contribution in [2.75, 3.05) is 26.1 Å². The van der Waals surface area contributed by atoms with Crippen molar-refractivity contribution in [3.05, 3.63) is 53.6 Å². The standard InChI is InChI=1S/C20H25N3O4/c1-20(2,21)12-22-19(25)14-10-16(26-3)17(27-4)11-15(14)23-18(24)13-8-6-5-7-9-13/h5-11H,12,21H2,1-4H3,(H,22,25)(H,23,24). The third-order valence-corrected chi connectivity index (χ3v) is 3.76. The molecule has 0 atom stereocenters. The Bertz CT molecular complexity index is 814. The number of rotatable bonds is 7. The second kappa shape index (κ2) is 8.55. The summed E-state index contributed by atoms with van der Waals surface area (Å²) < 4.78 is 10.6. The number of methoxy groups -OCH3 is 2. The van der Waals surface area contributed by atoms with Gasteiger partial charge in [-0.05, 0) is 32.0 Å². The summed E-state index contributed by atoms with van der Waals surface area (Å²) in [6.45, 7) is 3.88. The van der Waals surface area contributed by atoms with Crippen LogP contribution in [0, 0.1) is 0 Å². The molecule has 2 rings (SSSR count). The van der Waals surface area contributed by atoms with Crippen LogP contribution in [0.5, 0.6) is 11.5 Å². The fourth-order valence-electron chi connectivity index (χ4n) is 2.36. The average molecular weight is 371 g/mol. The van der Waals surface area contributed by atoms with E-state index in [4.69, 9.17) is 15.2 Å². The van der Waals surface area contributed by atoms with Crippen molar-refractivity contribution in [3.8, 4) is 11.5 Å². The molecule has 7 nitrogen and oxygen atoms in total. The fraction of sp³-hybridized carbons (Fsp3) is 0.300. The van der Waals surface area contributed by atoms with Gasteiger partial charge in [-0.2, -0.15) is 0 Å². The molecule has 0 aromatic heterocycles. The minimum Gasteiger partial charge on any atom is -0.493 e.